The molecule has 1 nitrogen and oxygen atoms in total. The summed E-state index contributed by atoms with van der Waals surface area (Å²) >= 11 is 3.15. The topological polar surface area (TPSA) is 12.0 Å². The summed E-state index contributed by atoms with van der Waals surface area (Å²) in [5.74, 6) is 2.46. The van der Waals surface area contributed by atoms with Gasteiger partial charge in [0.2, 0.25) is 0 Å². The summed E-state index contributed by atoms with van der Waals surface area (Å²) < 4.78 is 39.0. The van der Waals surface area contributed by atoms with Gasteiger partial charge in [0, 0.05) is 10.2 Å². The van der Waals surface area contributed by atoms with Crippen LogP contribution in [0.2, 0.25) is 0 Å². The molecule has 1 atom stereocenters. The fourth-order valence-electron chi connectivity index (χ4n) is 1.56. The number of alkyl halides is 3. The Bertz CT molecular complexity index is 449. The van der Waals surface area contributed by atoms with E-state index in [1.807, 2.05) is 6.92 Å². The minimum atomic E-state index is -4.39. The molecular weight excluding hydrogens is 307 g/mol. The first kappa shape index (κ1) is 14.9. The summed E-state index contributed by atoms with van der Waals surface area (Å²) in [6, 6.07) is 3.39. The zero-order chi connectivity index (χ0) is 13.8. The molecule has 1 aromatic rings. The summed E-state index contributed by atoms with van der Waals surface area (Å²) in [6.07, 6.45) is 2.33. The Morgan fingerprint density at radius 3 is 2.61 bits per heavy atom. The van der Waals surface area contributed by atoms with Gasteiger partial charge in [0.15, 0.2) is 0 Å². The Labute approximate surface area is 113 Å². The fraction of sp³-hybridized carbons (Fsp3) is 0.385. The van der Waals surface area contributed by atoms with Gasteiger partial charge in [-0.2, -0.15) is 13.2 Å². The molecule has 5 heteroatoms. The predicted molar refractivity (Wildman–Crippen MR) is 70.3 cm³/mol. The lowest BCUT2D eigenvalue weighted by Crippen LogP contribution is -2.20. The molecule has 18 heavy (non-hydrogen) atoms. The van der Waals surface area contributed by atoms with E-state index in [0.29, 0.717) is 10.9 Å². The summed E-state index contributed by atoms with van der Waals surface area (Å²) in [4.78, 5) is 0. The molecule has 0 saturated carbocycles. The monoisotopic (exact) mass is 319 g/mol. The van der Waals surface area contributed by atoms with Crippen molar-refractivity contribution in [2.24, 2.45) is 0 Å². The van der Waals surface area contributed by atoms with Crippen LogP contribution < -0.4 is 5.32 Å². The highest BCUT2D eigenvalue weighted by molar-refractivity contribution is 9.10. The third kappa shape index (κ3) is 3.95. The largest absolute Gasteiger partial charge is 0.418 e. The van der Waals surface area contributed by atoms with Crippen LogP contribution in [0, 0.1) is 12.3 Å². The standard InChI is InChI=1S/C13H13BrF3N/c1-3-5-10(4-2)18-12-8-9(14)6-7-11(12)13(15,16)17/h2,6-8,10,18H,3,5H2,1H3. The second kappa shape index (κ2) is 6.14. The molecule has 0 bridgehead atoms. The van der Waals surface area contributed by atoms with Crippen LogP contribution >= 0.6 is 15.9 Å². The Morgan fingerprint density at radius 2 is 2.11 bits per heavy atom. The second-order valence-corrected chi connectivity index (χ2v) is 4.76. The molecule has 0 spiro atoms. The second-order valence-electron chi connectivity index (χ2n) is 3.84. The van der Waals surface area contributed by atoms with Crippen LogP contribution in [0.25, 0.3) is 0 Å². The Kier molecular flexibility index (Phi) is 5.09. The lowest BCUT2D eigenvalue weighted by Gasteiger charge is -2.18. The first-order valence-electron chi connectivity index (χ1n) is 5.48. The van der Waals surface area contributed by atoms with Gasteiger partial charge in [-0.05, 0) is 24.6 Å². The number of hydrogen-bond donors (Lipinski definition) is 1. The smallest absolute Gasteiger partial charge is 0.371 e. The van der Waals surface area contributed by atoms with Gasteiger partial charge >= 0.3 is 6.18 Å². The van der Waals surface area contributed by atoms with E-state index in [4.69, 9.17) is 6.42 Å². The minimum absolute atomic E-state index is 0.00766. The molecule has 0 heterocycles. The predicted octanol–water partition coefficient (Wildman–Crippen LogP) is 4.68. The number of hydrogen-bond acceptors (Lipinski definition) is 1. The van der Waals surface area contributed by atoms with Crippen LogP contribution in [-0.2, 0) is 6.18 Å². The maximum atomic E-state index is 12.8. The number of benzene rings is 1. The highest BCUT2D eigenvalue weighted by Gasteiger charge is 2.33. The molecule has 0 radical (unpaired) electrons. The number of nitrogens with one attached hydrogen (secondary N) is 1. The van der Waals surface area contributed by atoms with Gasteiger partial charge in [-0.1, -0.05) is 35.2 Å². The van der Waals surface area contributed by atoms with Crippen molar-refractivity contribution in [3.8, 4) is 12.3 Å². The van der Waals surface area contributed by atoms with E-state index in [1.165, 1.54) is 12.1 Å². The van der Waals surface area contributed by atoms with E-state index < -0.39 is 17.8 Å². The van der Waals surface area contributed by atoms with Crippen molar-refractivity contribution in [3.63, 3.8) is 0 Å². The van der Waals surface area contributed by atoms with Gasteiger partial charge in [0.05, 0.1) is 11.6 Å². The van der Waals surface area contributed by atoms with E-state index in [1.54, 1.807) is 0 Å². The zero-order valence-corrected chi connectivity index (χ0v) is 11.4. The maximum absolute atomic E-state index is 12.8. The van der Waals surface area contributed by atoms with E-state index >= 15 is 0 Å². The van der Waals surface area contributed by atoms with Crippen molar-refractivity contribution in [3.05, 3.63) is 28.2 Å². The molecule has 0 aliphatic rings. The number of terminal acetylenes is 1. The fourth-order valence-corrected chi connectivity index (χ4v) is 1.92. The van der Waals surface area contributed by atoms with Crippen molar-refractivity contribution in [1.29, 1.82) is 0 Å². The molecule has 0 saturated heterocycles. The van der Waals surface area contributed by atoms with Gasteiger partial charge in [-0.25, -0.2) is 0 Å². The van der Waals surface area contributed by atoms with Gasteiger partial charge < -0.3 is 5.32 Å². The van der Waals surface area contributed by atoms with Gasteiger partial charge in [0.25, 0.3) is 0 Å². The van der Waals surface area contributed by atoms with Crippen LogP contribution in [0.5, 0.6) is 0 Å². The highest BCUT2D eigenvalue weighted by Crippen LogP contribution is 2.36. The molecule has 0 amide bonds. The van der Waals surface area contributed by atoms with Crippen LogP contribution in [0.15, 0.2) is 22.7 Å². The first-order valence-corrected chi connectivity index (χ1v) is 6.27. The summed E-state index contributed by atoms with van der Waals surface area (Å²) in [5.41, 5.74) is -0.699. The highest BCUT2D eigenvalue weighted by atomic mass is 79.9. The minimum Gasteiger partial charge on any atom is -0.371 e. The van der Waals surface area contributed by atoms with Crippen molar-refractivity contribution < 1.29 is 13.2 Å². The number of halogens is 4. The zero-order valence-electron chi connectivity index (χ0n) is 9.81. The molecular formula is C13H13BrF3N. The normalized spacial score (nSPS) is 12.9. The Balaban J connectivity index is 3.07. The molecule has 98 valence electrons. The first-order chi connectivity index (χ1) is 8.38. The van der Waals surface area contributed by atoms with E-state index in [-0.39, 0.29) is 5.69 Å². The Morgan fingerprint density at radius 1 is 1.44 bits per heavy atom. The van der Waals surface area contributed by atoms with Gasteiger partial charge in [0.1, 0.15) is 0 Å². The van der Waals surface area contributed by atoms with Crippen LogP contribution in [0.4, 0.5) is 18.9 Å². The van der Waals surface area contributed by atoms with Crippen LogP contribution in [-0.4, -0.2) is 6.04 Å². The number of rotatable bonds is 4. The third-order valence-corrected chi connectivity index (χ3v) is 2.89. The molecule has 1 unspecified atom stereocenters. The van der Waals surface area contributed by atoms with Crippen molar-refractivity contribution in [2.45, 2.75) is 32.0 Å². The van der Waals surface area contributed by atoms with Crippen LogP contribution in [0.3, 0.4) is 0 Å². The SMILES string of the molecule is C#CC(CCC)Nc1cc(Br)ccc1C(F)(F)F. The molecule has 1 N–H and O–H groups in total. The van der Waals surface area contributed by atoms with Crippen molar-refractivity contribution in [1.82, 2.24) is 0 Å². The molecule has 0 aromatic heterocycles. The Hall–Kier alpha value is -1.15. The maximum Gasteiger partial charge on any atom is 0.418 e. The molecule has 1 rings (SSSR count). The summed E-state index contributed by atoms with van der Waals surface area (Å²) in [7, 11) is 0. The quantitative estimate of drug-likeness (QED) is 0.794. The average Bonchev–Trinajstić information content (AvgIpc) is 2.26. The van der Waals surface area contributed by atoms with E-state index in [2.05, 4.69) is 27.2 Å². The number of anilines is 1. The van der Waals surface area contributed by atoms with Crippen molar-refractivity contribution in [2.75, 3.05) is 5.32 Å². The average molecular weight is 320 g/mol. The molecule has 1 aromatic carbocycles. The summed E-state index contributed by atoms with van der Waals surface area (Å²) in [6.45, 7) is 1.93. The van der Waals surface area contributed by atoms with Gasteiger partial charge in [-0.15, -0.1) is 6.42 Å². The third-order valence-electron chi connectivity index (χ3n) is 2.40. The van der Waals surface area contributed by atoms with Gasteiger partial charge in [-0.3, -0.25) is 0 Å². The van der Waals surface area contributed by atoms with Crippen LogP contribution in [0.1, 0.15) is 25.3 Å². The van der Waals surface area contributed by atoms with E-state index in [0.717, 1.165) is 12.5 Å². The lowest BCUT2D eigenvalue weighted by molar-refractivity contribution is -0.137. The summed E-state index contributed by atoms with van der Waals surface area (Å²) in [5, 5.41) is 2.76. The molecule has 0 fully saturated rings. The molecule has 0 aliphatic carbocycles. The van der Waals surface area contributed by atoms with E-state index in [9.17, 15) is 13.2 Å². The lowest BCUT2D eigenvalue weighted by atomic mass is 10.1. The van der Waals surface area contributed by atoms with Crippen molar-refractivity contribution >= 4 is 21.6 Å². The molecule has 0 aliphatic heterocycles.